The number of benzene rings is 1. The minimum Gasteiger partial charge on any atom is -0.339 e. The molecule has 110 valence electrons. The second-order valence-corrected chi connectivity index (χ2v) is 5.72. The van der Waals surface area contributed by atoms with Crippen molar-refractivity contribution < 1.29 is 9.32 Å². The van der Waals surface area contributed by atoms with Crippen LogP contribution >= 0.6 is 0 Å². The van der Waals surface area contributed by atoms with E-state index in [0.717, 1.165) is 24.1 Å². The fourth-order valence-corrected chi connectivity index (χ4v) is 2.68. The van der Waals surface area contributed by atoms with E-state index in [9.17, 15) is 4.79 Å². The maximum absolute atomic E-state index is 12.6. The zero-order chi connectivity index (χ0) is 15.0. The van der Waals surface area contributed by atoms with E-state index in [4.69, 9.17) is 4.52 Å². The Morgan fingerprint density at radius 1 is 1.29 bits per heavy atom. The highest BCUT2D eigenvalue weighted by molar-refractivity contribution is 5.94. The van der Waals surface area contributed by atoms with Gasteiger partial charge in [0, 0.05) is 18.7 Å². The number of nitrogens with zero attached hydrogens (tertiary/aromatic N) is 3. The molecule has 1 unspecified atom stereocenters. The molecule has 0 spiro atoms. The Hall–Kier alpha value is -2.17. The number of likely N-dealkylation sites (tertiary alicyclic amines) is 1. The van der Waals surface area contributed by atoms with Crippen LogP contribution in [0, 0.1) is 20.8 Å². The van der Waals surface area contributed by atoms with Crippen molar-refractivity contribution in [3.8, 4) is 0 Å². The molecule has 3 rings (SSSR count). The molecule has 2 aromatic rings. The number of carbonyl (C=O) groups excluding carboxylic acids is 1. The fourth-order valence-electron chi connectivity index (χ4n) is 2.68. The van der Waals surface area contributed by atoms with Crippen LogP contribution in [-0.2, 0) is 0 Å². The lowest BCUT2D eigenvalue weighted by Crippen LogP contribution is -2.28. The average molecular weight is 285 g/mol. The fraction of sp³-hybridized carbons (Fsp3) is 0.438. The summed E-state index contributed by atoms with van der Waals surface area (Å²) in [6.07, 6.45) is 0.873. The van der Waals surface area contributed by atoms with Gasteiger partial charge in [0.1, 0.15) is 0 Å². The maximum atomic E-state index is 12.6. The largest absolute Gasteiger partial charge is 0.339 e. The quantitative estimate of drug-likeness (QED) is 0.851. The molecule has 2 heterocycles. The Kier molecular flexibility index (Phi) is 3.49. The van der Waals surface area contributed by atoms with Gasteiger partial charge in [-0.15, -0.1) is 0 Å². The summed E-state index contributed by atoms with van der Waals surface area (Å²) < 4.78 is 5.22. The smallest absolute Gasteiger partial charge is 0.253 e. The summed E-state index contributed by atoms with van der Waals surface area (Å²) in [7, 11) is 0. The van der Waals surface area contributed by atoms with Crippen LogP contribution in [0.3, 0.4) is 0 Å². The molecule has 1 amide bonds. The van der Waals surface area contributed by atoms with Gasteiger partial charge in [-0.3, -0.25) is 4.79 Å². The van der Waals surface area contributed by atoms with Gasteiger partial charge in [0.25, 0.3) is 5.91 Å². The summed E-state index contributed by atoms with van der Waals surface area (Å²) in [4.78, 5) is 18.7. The van der Waals surface area contributed by atoms with E-state index in [0.29, 0.717) is 18.3 Å². The Morgan fingerprint density at radius 2 is 2.10 bits per heavy atom. The molecule has 0 N–H and O–H groups in total. The highest BCUT2D eigenvalue weighted by atomic mass is 16.5. The number of aryl methyl sites for hydroxylation is 3. The molecule has 5 heteroatoms. The summed E-state index contributed by atoms with van der Waals surface area (Å²) in [6, 6.07) is 5.86. The molecule has 0 bridgehead atoms. The maximum Gasteiger partial charge on any atom is 0.253 e. The van der Waals surface area contributed by atoms with Crippen molar-refractivity contribution in [2.75, 3.05) is 13.1 Å². The van der Waals surface area contributed by atoms with Crippen molar-refractivity contribution >= 4 is 5.91 Å². The first-order valence-electron chi connectivity index (χ1n) is 7.21. The van der Waals surface area contributed by atoms with E-state index in [1.54, 1.807) is 6.92 Å². The van der Waals surface area contributed by atoms with Gasteiger partial charge in [0.05, 0.1) is 5.92 Å². The number of aromatic nitrogens is 2. The van der Waals surface area contributed by atoms with Crippen LogP contribution in [0.25, 0.3) is 0 Å². The highest BCUT2D eigenvalue weighted by Gasteiger charge is 2.31. The number of hydrogen-bond donors (Lipinski definition) is 0. The third kappa shape index (κ3) is 2.68. The van der Waals surface area contributed by atoms with E-state index in [-0.39, 0.29) is 11.8 Å². The van der Waals surface area contributed by atoms with Crippen molar-refractivity contribution in [2.45, 2.75) is 33.1 Å². The number of carbonyl (C=O) groups is 1. The third-order valence-corrected chi connectivity index (χ3v) is 4.12. The van der Waals surface area contributed by atoms with Gasteiger partial charge in [0.2, 0.25) is 5.89 Å². The second-order valence-electron chi connectivity index (χ2n) is 5.72. The molecule has 1 aromatic carbocycles. The van der Waals surface area contributed by atoms with Crippen molar-refractivity contribution in [1.82, 2.24) is 15.0 Å². The van der Waals surface area contributed by atoms with Gasteiger partial charge in [-0.25, -0.2) is 0 Å². The highest BCUT2D eigenvalue weighted by Crippen LogP contribution is 2.27. The normalized spacial score (nSPS) is 18.2. The van der Waals surface area contributed by atoms with Gasteiger partial charge >= 0.3 is 0 Å². The molecule has 1 aromatic heterocycles. The zero-order valence-corrected chi connectivity index (χ0v) is 12.6. The van der Waals surface area contributed by atoms with Gasteiger partial charge in [-0.2, -0.15) is 4.98 Å². The van der Waals surface area contributed by atoms with Crippen LogP contribution in [0.4, 0.5) is 0 Å². The number of amides is 1. The summed E-state index contributed by atoms with van der Waals surface area (Å²) in [5.74, 6) is 1.52. The van der Waals surface area contributed by atoms with Crippen LogP contribution in [0.1, 0.15) is 45.5 Å². The van der Waals surface area contributed by atoms with Crippen LogP contribution in [0.15, 0.2) is 22.7 Å². The Labute approximate surface area is 124 Å². The van der Waals surface area contributed by atoms with Crippen LogP contribution in [0.5, 0.6) is 0 Å². The lowest BCUT2D eigenvalue weighted by Gasteiger charge is -2.16. The van der Waals surface area contributed by atoms with Crippen molar-refractivity contribution in [3.63, 3.8) is 0 Å². The predicted molar refractivity (Wildman–Crippen MR) is 78.2 cm³/mol. The van der Waals surface area contributed by atoms with E-state index < -0.39 is 0 Å². The molecule has 21 heavy (non-hydrogen) atoms. The van der Waals surface area contributed by atoms with Crippen molar-refractivity contribution in [2.24, 2.45) is 0 Å². The molecule has 0 saturated carbocycles. The molecule has 1 aliphatic heterocycles. The molecular formula is C16H19N3O2. The topological polar surface area (TPSA) is 59.2 Å². The van der Waals surface area contributed by atoms with Gasteiger partial charge in [-0.1, -0.05) is 11.2 Å². The monoisotopic (exact) mass is 285 g/mol. The van der Waals surface area contributed by atoms with E-state index >= 15 is 0 Å². The lowest BCUT2D eigenvalue weighted by molar-refractivity contribution is 0.0789. The standard InChI is InChI=1S/C16H19N3O2/c1-10-4-5-13(8-11(10)2)16(20)19-7-6-14(9-19)15-17-12(3)18-21-15/h4-5,8,14H,6-7,9H2,1-3H3. The minimum atomic E-state index is 0.0804. The molecule has 0 radical (unpaired) electrons. The summed E-state index contributed by atoms with van der Waals surface area (Å²) >= 11 is 0. The predicted octanol–water partition coefficient (Wildman–Crippen LogP) is 2.62. The van der Waals surface area contributed by atoms with Gasteiger partial charge in [-0.05, 0) is 50.5 Å². The first-order chi connectivity index (χ1) is 10.0. The van der Waals surface area contributed by atoms with E-state index in [1.165, 1.54) is 5.56 Å². The van der Waals surface area contributed by atoms with Crippen molar-refractivity contribution in [1.29, 1.82) is 0 Å². The molecule has 0 aliphatic carbocycles. The lowest BCUT2D eigenvalue weighted by atomic mass is 10.1. The van der Waals surface area contributed by atoms with Crippen LogP contribution in [-0.4, -0.2) is 34.0 Å². The summed E-state index contributed by atoms with van der Waals surface area (Å²) in [5.41, 5.74) is 3.09. The first kappa shape index (κ1) is 13.8. The Bertz CT molecular complexity index is 678. The Balaban J connectivity index is 1.73. The van der Waals surface area contributed by atoms with Crippen LogP contribution in [0.2, 0.25) is 0 Å². The van der Waals surface area contributed by atoms with Gasteiger partial charge in [0.15, 0.2) is 5.82 Å². The number of hydrogen-bond acceptors (Lipinski definition) is 4. The first-order valence-corrected chi connectivity index (χ1v) is 7.21. The Morgan fingerprint density at radius 3 is 2.76 bits per heavy atom. The number of rotatable bonds is 2. The zero-order valence-electron chi connectivity index (χ0n) is 12.6. The van der Waals surface area contributed by atoms with Crippen LogP contribution < -0.4 is 0 Å². The second kappa shape index (κ2) is 5.31. The minimum absolute atomic E-state index is 0.0804. The molecule has 1 fully saturated rings. The average Bonchev–Trinajstić information content (AvgIpc) is 3.09. The molecular weight excluding hydrogens is 266 g/mol. The molecule has 1 saturated heterocycles. The third-order valence-electron chi connectivity index (χ3n) is 4.12. The molecule has 1 aliphatic rings. The molecule has 1 atom stereocenters. The van der Waals surface area contributed by atoms with E-state index in [2.05, 4.69) is 10.1 Å². The van der Waals surface area contributed by atoms with Gasteiger partial charge < -0.3 is 9.42 Å². The SMILES string of the molecule is Cc1noc(C2CCN(C(=O)c3ccc(C)c(C)c3)C2)n1. The van der Waals surface area contributed by atoms with E-state index in [1.807, 2.05) is 36.9 Å². The van der Waals surface area contributed by atoms with Crippen molar-refractivity contribution in [3.05, 3.63) is 46.6 Å². The molecule has 5 nitrogen and oxygen atoms in total. The summed E-state index contributed by atoms with van der Waals surface area (Å²) in [5, 5.41) is 3.82. The summed E-state index contributed by atoms with van der Waals surface area (Å²) in [6.45, 7) is 7.26.